The first-order valence-corrected chi connectivity index (χ1v) is 6.28. The maximum absolute atomic E-state index is 4.32. The minimum Gasteiger partial charge on any atom is -0.307 e. The zero-order chi connectivity index (χ0) is 11.7. The third-order valence-electron chi connectivity index (χ3n) is 3.60. The van der Waals surface area contributed by atoms with E-state index >= 15 is 0 Å². The molecule has 1 aliphatic rings. The summed E-state index contributed by atoms with van der Waals surface area (Å²) in [6, 6.07) is 4.11. The number of aromatic nitrogens is 4. The van der Waals surface area contributed by atoms with Gasteiger partial charge in [0.25, 0.3) is 0 Å². The van der Waals surface area contributed by atoms with Crippen LogP contribution >= 0.6 is 0 Å². The van der Waals surface area contributed by atoms with Crippen LogP contribution in [0.4, 0.5) is 0 Å². The zero-order valence-corrected chi connectivity index (χ0v) is 10.0. The Bertz CT molecular complexity index is 506. The maximum Gasteiger partial charge on any atom is 0.177 e. The van der Waals surface area contributed by atoms with Crippen LogP contribution < -0.4 is 5.32 Å². The molecule has 0 amide bonds. The molecule has 2 unspecified atom stereocenters. The summed E-state index contributed by atoms with van der Waals surface area (Å²) >= 11 is 0. The molecule has 0 bridgehead atoms. The Labute approximate surface area is 100 Å². The highest BCUT2D eigenvalue weighted by Gasteiger charge is 2.25. The normalized spacial score (nSPS) is 25.2. The van der Waals surface area contributed by atoms with Gasteiger partial charge in [-0.1, -0.05) is 13.3 Å². The van der Waals surface area contributed by atoms with Crippen LogP contribution in [0.3, 0.4) is 0 Å². The Hall–Kier alpha value is -1.49. The molecule has 0 aliphatic carbocycles. The van der Waals surface area contributed by atoms with Crippen molar-refractivity contribution in [2.45, 2.75) is 32.2 Å². The molecule has 1 fully saturated rings. The maximum atomic E-state index is 4.32. The lowest BCUT2D eigenvalue weighted by atomic mass is 9.90. The van der Waals surface area contributed by atoms with Gasteiger partial charge in [-0.05, 0) is 37.4 Å². The summed E-state index contributed by atoms with van der Waals surface area (Å²) in [6.07, 6.45) is 5.41. The summed E-state index contributed by atoms with van der Waals surface area (Å²) in [5, 5.41) is 16.3. The van der Waals surface area contributed by atoms with Crippen molar-refractivity contribution < 1.29 is 0 Å². The minimum absolute atomic E-state index is 0.290. The summed E-state index contributed by atoms with van der Waals surface area (Å²) in [6.45, 7) is 3.32. The van der Waals surface area contributed by atoms with Gasteiger partial charge in [-0.2, -0.15) is 9.61 Å². The van der Waals surface area contributed by atoms with Crippen LogP contribution in [0.15, 0.2) is 18.3 Å². The largest absolute Gasteiger partial charge is 0.307 e. The molecule has 17 heavy (non-hydrogen) atoms. The smallest absolute Gasteiger partial charge is 0.177 e. The number of hydrogen-bond acceptors (Lipinski definition) is 4. The molecule has 0 aromatic carbocycles. The molecule has 0 radical (unpaired) electrons. The molecular formula is C12H17N5. The van der Waals surface area contributed by atoms with Gasteiger partial charge >= 0.3 is 0 Å². The second-order valence-electron chi connectivity index (χ2n) is 4.66. The van der Waals surface area contributed by atoms with E-state index in [1.807, 2.05) is 16.6 Å². The standard InChI is InChI=1S/C12H17N5/c1-2-9-5-7-13-10(8-9)12-16-15-11-4-3-6-14-17(11)12/h3-4,6,9-10,13H,2,5,7-8H2,1H3. The summed E-state index contributed by atoms with van der Waals surface area (Å²) in [7, 11) is 0. The van der Waals surface area contributed by atoms with E-state index in [1.165, 1.54) is 12.8 Å². The van der Waals surface area contributed by atoms with Crippen molar-refractivity contribution in [1.82, 2.24) is 25.1 Å². The minimum atomic E-state index is 0.290. The third kappa shape index (κ3) is 1.91. The van der Waals surface area contributed by atoms with E-state index < -0.39 is 0 Å². The van der Waals surface area contributed by atoms with Gasteiger partial charge in [0.1, 0.15) is 0 Å². The van der Waals surface area contributed by atoms with Gasteiger partial charge in [-0.3, -0.25) is 0 Å². The second kappa shape index (κ2) is 4.41. The fraction of sp³-hybridized carbons (Fsp3) is 0.583. The summed E-state index contributed by atoms with van der Waals surface area (Å²) in [4.78, 5) is 0. The van der Waals surface area contributed by atoms with Crippen molar-refractivity contribution in [3.05, 3.63) is 24.2 Å². The van der Waals surface area contributed by atoms with E-state index in [-0.39, 0.29) is 0 Å². The molecule has 1 aliphatic heterocycles. The number of fused-ring (bicyclic) bond motifs is 1. The van der Waals surface area contributed by atoms with Crippen LogP contribution in [0.25, 0.3) is 5.65 Å². The molecule has 2 atom stereocenters. The summed E-state index contributed by atoms with van der Waals surface area (Å²) in [5.41, 5.74) is 0.822. The van der Waals surface area contributed by atoms with Gasteiger partial charge in [-0.25, -0.2) is 0 Å². The van der Waals surface area contributed by atoms with Gasteiger partial charge in [0, 0.05) is 6.20 Å². The van der Waals surface area contributed by atoms with Gasteiger partial charge < -0.3 is 5.32 Å². The van der Waals surface area contributed by atoms with Crippen LogP contribution in [0, 0.1) is 5.92 Å². The summed E-state index contributed by atoms with van der Waals surface area (Å²) in [5.74, 6) is 1.73. The highest BCUT2D eigenvalue weighted by Crippen LogP contribution is 2.27. The number of hydrogen-bond donors (Lipinski definition) is 1. The molecule has 5 heteroatoms. The molecule has 1 saturated heterocycles. The molecule has 3 heterocycles. The number of piperidine rings is 1. The average Bonchev–Trinajstić information content (AvgIpc) is 2.82. The van der Waals surface area contributed by atoms with Crippen molar-refractivity contribution in [2.75, 3.05) is 6.54 Å². The van der Waals surface area contributed by atoms with Crippen molar-refractivity contribution in [2.24, 2.45) is 5.92 Å². The van der Waals surface area contributed by atoms with Crippen molar-refractivity contribution in [3.8, 4) is 0 Å². The van der Waals surface area contributed by atoms with Crippen molar-refractivity contribution in [3.63, 3.8) is 0 Å². The molecule has 5 nitrogen and oxygen atoms in total. The Morgan fingerprint density at radius 2 is 2.41 bits per heavy atom. The Morgan fingerprint density at radius 3 is 3.29 bits per heavy atom. The lowest BCUT2D eigenvalue weighted by molar-refractivity contribution is 0.288. The second-order valence-corrected chi connectivity index (χ2v) is 4.66. The topological polar surface area (TPSA) is 55.1 Å². The van der Waals surface area contributed by atoms with E-state index in [0.717, 1.165) is 30.4 Å². The van der Waals surface area contributed by atoms with Crippen molar-refractivity contribution >= 4 is 5.65 Å². The molecule has 0 spiro atoms. The fourth-order valence-corrected chi connectivity index (χ4v) is 2.54. The Morgan fingerprint density at radius 1 is 1.47 bits per heavy atom. The lowest BCUT2D eigenvalue weighted by Gasteiger charge is -2.28. The SMILES string of the molecule is CCC1CCNC(c2nnc3cccnn23)C1. The number of nitrogens with one attached hydrogen (secondary N) is 1. The predicted octanol–water partition coefficient (Wildman–Crippen LogP) is 1.57. The highest BCUT2D eigenvalue weighted by atomic mass is 15.4. The zero-order valence-electron chi connectivity index (χ0n) is 10.0. The number of nitrogens with zero attached hydrogens (tertiary/aromatic N) is 4. The quantitative estimate of drug-likeness (QED) is 0.852. The molecule has 2 aromatic rings. The first-order chi connectivity index (χ1) is 8.38. The van der Waals surface area contributed by atoms with Crippen molar-refractivity contribution in [1.29, 1.82) is 0 Å². The van der Waals surface area contributed by atoms with Crippen LogP contribution in [-0.4, -0.2) is 26.4 Å². The van der Waals surface area contributed by atoms with Crippen LogP contribution in [0.1, 0.15) is 38.1 Å². The van der Waals surface area contributed by atoms with Gasteiger partial charge in [0.05, 0.1) is 6.04 Å². The Kier molecular flexibility index (Phi) is 2.76. The van der Waals surface area contributed by atoms with Gasteiger partial charge in [-0.15, -0.1) is 10.2 Å². The highest BCUT2D eigenvalue weighted by molar-refractivity contribution is 5.35. The molecule has 1 N–H and O–H groups in total. The fourth-order valence-electron chi connectivity index (χ4n) is 2.54. The lowest BCUT2D eigenvalue weighted by Crippen LogP contribution is -2.33. The molecule has 3 rings (SSSR count). The van der Waals surface area contributed by atoms with E-state index in [1.54, 1.807) is 6.20 Å². The van der Waals surface area contributed by atoms with E-state index in [9.17, 15) is 0 Å². The monoisotopic (exact) mass is 231 g/mol. The molecule has 2 aromatic heterocycles. The average molecular weight is 231 g/mol. The predicted molar refractivity (Wildman–Crippen MR) is 64.5 cm³/mol. The molecule has 90 valence electrons. The third-order valence-corrected chi connectivity index (χ3v) is 3.60. The van der Waals surface area contributed by atoms with Gasteiger partial charge in [0.15, 0.2) is 11.5 Å². The van der Waals surface area contributed by atoms with E-state index in [0.29, 0.717) is 6.04 Å². The van der Waals surface area contributed by atoms with Crippen LogP contribution in [-0.2, 0) is 0 Å². The number of rotatable bonds is 2. The Balaban J connectivity index is 1.92. The van der Waals surface area contributed by atoms with E-state index in [2.05, 4.69) is 27.5 Å². The summed E-state index contributed by atoms with van der Waals surface area (Å²) < 4.78 is 1.84. The first-order valence-electron chi connectivity index (χ1n) is 6.28. The molecule has 0 saturated carbocycles. The molecular weight excluding hydrogens is 214 g/mol. The van der Waals surface area contributed by atoms with Gasteiger partial charge in [0.2, 0.25) is 0 Å². The van der Waals surface area contributed by atoms with E-state index in [4.69, 9.17) is 0 Å². The first kappa shape index (κ1) is 10.7. The van der Waals surface area contributed by atoms with Crippen LogP contribution in [0.5, 0.6) is 0 Å². The van der Waals surface area contributed by atoms with Crippen LogP contribution in [0.2, 0.25) is 0 Å².